The van der Waals surface area contributed by atoms with Crippen LogP contribution in [0.1, 0.15) is 30.5 Å². The summed E-state index contributed by atoms with van der Waals surface area (Å²) < 4.78 is 21.8. The molecule has 0 saturated heterocycles. The van der Waals surface area contributed by atoms with Crippen molar-refractivity contribution in [2.24, 2.45) is 0 Å². The Morgan fingerprint density at radius 2 is 1.31 bits per heavy atom. The Balaban J connectivity index is 0.000000145. The molecule has 0 unspecified atom stereocenters. The number of benzene rings is 2. The van der Waals surface area contributed by atoms with Crippen molar-refractivity contribution in [3.05, 3.63) is 80.0 Å². The summed E-state index contributed by atoms with van der Waals surface area (Å²) in [6.07, 6.45) is 0. The predicted molar refractivity (Wildman–Crippen MR) is 139 cm³/mol. The molecule has 4 heterocycles. The Morgan fingerprint density at radius 1 is 0.771 bits per heavy atom. The topological polar surface area (TPSA) is 71.1 Å². The van der Waals surface area contributed by atoms with Gasteiger partial charge in [-0.1, -0.05) is 28.1 Å². The largest absolute Gasteiger partial charge is 0.488 e. The van der Waals surface area contributed by atoms with Crippen molar-refractivity contribution in [1.29, 1.82) is 0 Å². The smallest absolute Gasteiger partial charge is 0.348 e. The maximum absolute atomic E-state index is 11.5. The van der Waals surface area contributed by atoms with Gasteiger partial charge in [0.25, 0.3) is 0 Å². The van der Waals surface area contributed by atoms with Gasteiger partial charge in [-0.25, -0.2) is 9.59 Å². The number of esters is 2. The summed E-state index contributed by atoms with van der Waals surface area (Å²) in [5, 5.41) is 0. The summed E-state index contributed by atoms with van der Waals surface area (Å²) in [4.78, 5) is 26.5. The minimum Gasteiger partial charge on any atom is -0.488 e. The molecule has 0 amide bonds. The molecule has 0 atom stereocenters. The van der Waals surface area contributed by atoms with Gasteiger partial charge in [-0.3, -0.25) is 0 Å². The number of hydrogen-bond acceptors (Lipinski definition) is 8. The van der Waals surface area contributed by atoms with Gasteiger partial charge in [0.1, 0.15) is 34.5 Å². The minimum absolute atomic E-state index is 0.290. The van der Waals surface area contributed by atoms with Crippen LogP contribution >= 0.6 is 38.6 Å². The molecule has 178 valence electrons. The maximum Gasteiger partial charge on any atom is 0.348 e. The van der Waals surface area contributed by atoms with E-state index in [0.29, 0.717) is 23.0 Å². The molecule has 9 heteroatoms. The molecule has 0 aliphatic carbocycles. The molecular formula is C26H19BrO6S2. The molecule has 2 aliphatic rings. The lowest BCUT2D eigenvalue weighted by molar-refractivity contribution is 0.0597. The number of carbonyl (C=O) groups excluding carboxylic acids is 2. The number of para-hydroxylation sites is 1. The highest BCUT2D eigenvalue weighted by atomic mass is 79.9. The van der Waals surface area contributed by atoms with Gasteiger partial charge in [-0.15, -0.1) is 22.7 Å². The van der Waals surface area contributed by atoms with Gasteiger partial charge in [0.15, 0.2) is 0 Å². The monoisotopic (exact) mass is 570 g/mol. The van der Waals surface area contributed by atoms with Crippen molar-refractivity contribution in [1.82, 2.24) is 0 Å². The van der Waals surface area contributed by atoms with Crippen LogP contribution in [0.3, 0.4) is 0 Å². The van der Waals surface area contributed by atoms with Crippen molar-refractivity contribution in [2.75, 3.05) is 14.2 Å². The number of ether oxygens (including phenoxy) is 4. The molecule has 6 rings (SSSR count). The third-order valence-electron chi connectivity index (χ3n) is 5.48. The third kappa shape index (κ3) is 4.59. The Morgan fingerprint density at radius 3 is 1.91 bits per heavy atom. The van der Waals surface area contributed by atoms with Crippen molar-refractivity contribution < 1.29 is 28.5 Å². The molecule has 2 aromatic carbocycles. The van der Waals surface area contributed by atoms with Gasteiger partial charge in [-0.2, -0.15) is 0 Å². The fourth-order valence-electron chi connectivity index (χ4n) is 3.83. The van der Waals surface area contributed by atoms with Crippen LogP contribution in [0.15, 0.2) is 59.1 Å². The maximum atomic E-state index is 11.5. The number of fused-ring (bicyclic) bond motifs is 6. The fraction of sp³-hybridized carbons (Fsp3) is 0.154. The van der Waals surface area contributed by atoms with Crippen LogP contribution in [0.25, 0.3) is 20.9 Å². The first-order valence-electron chi connectivity index (χ1n) is 10.6. The fourth-order valence-corrected chi connectivity index (χ4v) is 6.41. The summed E-state index contributed by atoms with van der Waals surface area (Å²) >= 11 is 6.35. The number of thiophene rings is 2. The number of halogens is 1. The van der Waals surface area contributed by atoms with E-state index in [2.05, 4.69) is 15.9 Å². The lowest BCUT2D eigenvalue weighted by Crippen LogP contribution is -2.02. The lowest BCUT2D eigenvalue weighted by atomic mass is 10.1. The second-order valence-corrected chi connectivity index (χ2v) is 10.6. The zero-order valence-corrected chi connectivity index (χ0v) is 22.0. The van der Waals surface area contributed by atoms with E-state index >= 15 is 0 Å². The van der Waals surface area contributed by atoms with Crippen molar-refractivity contribution in [2.45, 2.75) is 13.2 Å². The Labute approximate surface area is 218 Å². The summed E-state index contributed by atoms with van der Waals surface area (Å²) in [6, 6.07) is 17.4. The van der Waals surface area contributed by atoms with E-state index in [1.165, 1.54) is 36.9 Å². The van der Waals surface area contributed by atoms with Crippen LogP contribution in [0.4, 0.5) is 0 Å². The van der Waals surface area contributed by atoms with E-state index in [0.717, 1.165) is 48.0 Å². The van der Waals surface area contributed by atoms with E-state index in [9.17, 15) is 9.59 Å². The first-order chi connectivity index (χ1) is 17.0. The average molecular weight is 571 g/mol. The van der Waals surface area contributed by atoms with Crippen LogP contribution in [-0.4, -0.2) is 26.2 Å². The second-order valence-electron chi connectivity index (χ2n) is 7.63. The summed E-state index contributed by atoms with van der Waals surface area (Å²) in [7, 11) is 2.79. The molecule has 35 heavy (non-hydrogen) atoms. The predicted octanol–water partition coefficient (Wildman–Crippen LogP) is 6.95. The highest BCUT2D eigenvalue weighted by Crippen LogP contribution is 2.44. The van der Waals surface area contributed by atoms with Gasteiger partial charge in [0.2, 0.25) is 0 Å². The van der Waals surface area contributed by atoms with Gasteiger partial charge in [0.05, 0.1) is 14.2 Å². The van der Waals surface area contributed by atoms with Gasteiger partial charge >= 0.3 is 11.9 Å². The van der Waals surface area contributed by atoms with Crippen LogP contribution in [0, 0.1) is 0 Å². The summed E-state index contributed by atoms with van der Waals surface area (Å²) in [6.45, 7) is 1.01. The Kier molecular flexibility index (Phi) is 6.64. The third-order valence-corrected chi connectivity index (χ3v) is 8.35. The van der Waals surface area contributed by atoms with E-state index in [1.54, 1.807) is 0 Å². The molecule has 0 fully saturated rings. The standard InChI is InChI=1S/C13H9BrO3S.C13H10O3S/c1-16-13(15)11-4-7-6-17-10-3-2-8(14)5-9(10)12(7)18-11;1-15-13(14)11-6-8-7-16-10-5-3-2-4-9(10)12(8)17-11/h2-5H,6H2,1H3;2-6H,7H2,1H3. The van der Waals surface area contributed by atoms with Gasteiger partial charge < -0.3 is 18.9 Å². The van der Waals surface area contributed by atoms with Gasteiger partial charge in [-0.05, 0) is 42.5 Å². The molecule has 0 bridgehead atoms. The highest BCUT2D eigenvalue weighted by molar-refractivity contribution is 9.10. The normalized spacial score (nSPS) is 12.3. The van der Waals surface area contributed by atoms with Crippen LogP contribution in [0.2, 0.25) is 0 Å². The van der Waals surface area contributed by atoms with Crippen molar-refractivity contribution in [3.8, 4) is 32.4 Å². The van der Waals surface area contributed by atoms with E-state index in [1.807, 2.05) is 54.6 Å². The number of carbonyl (C=O) groups is 2. The molecule has 0 radical (unpaired) electrons. The molecule has 0 spiro atoms. The summed E-state index contributed by atoms with van der Waals surface area (Å²) in [5.41, 5.74) is 4.15. The van der Waals surface area contributed by atoms with Crippen molar-refractivity contribution >= 4 is 50.5 Å². The summed E-state index contributed by atoms with van der Waals surface area (Å²) in [5.74, 6) is 1.13. The first kappa shape index (κ1) is 23.6. The van der Waals surface area contributed by atoms with Gasteiger partial charge in [0, 0.05) is 36.5 Å². The molecule has 2 aromatic heterocycles. The molecule has 2 aliphatic heterocycles. The second kappa shape index (κ2) is 9.85. The lowest BCUT2D eigenvalue weighted by Gasteiger charge is -2.17. The zero-order valence-electron chi connectivity index (χ0n) is 18.8. The van der Waals surface area contributed by atoms with Crippen LogP contribution in [0.5, 0.6) is 11.5 Å². The molecule has 4 aromatic rings. The Hall–Kier alpha value is -3.14. The highest BCUT2D eigenvalue weighted by Gasteiger charge is 2.24. The quantitative estimate of drug-likeness (QED) is 0.243. The SMILES string of the molecule is COC(=O)c1cc2c(s1)-c1cc(Br)ccc1OC2.COC(=O)c1cc2c(s1)-c1ccccc1OC2. The van der Waals surface area contributed by atoms with Crippen LogP contribution < -0.4 is 9.47 Å². The van der Waals surface area contributed by atoms with Crippen molar-refractivity contribution in [3.63, 3.8) is 0 Å². The molecule has 0 saturated carbocycles. The minimum atomic E-state index is -0.300. The Bertz CT molecular complexity index is 1440. The molecule has 6 nitrogen and oxygen atoms in total. The molecular weight excluding hydrogens is 552 g/mol. The van der Waals surface area contributed by atoms with E-state index < -0.39 is 0 Å². The number of hydrogen-bond donors (Lipinski definition) is 0. The van der Waals surface area contributed by atoms with Crippen LogP contribution in [-0.2, 0) is 22.7 Å². The van der Waals surface area contributed by atoms with E-state index in [4.69, 9.17) is 18.9 Å². The average Bonchev–Trinajstić information content (AvgIpc) is 3.53. The number of rotatable bonds is 2. The zero-order chi connectivity index (χ0) is 24.5. The van der Waals surface area contributed by atoms with E-state index in [-0.39, 0.29) is 11.9 Å². The first-order valence-corrected chi connectivity index (χ1v) is 13.0. The molecule has 0 N–H and O–H groups in total. The number of methoxy groups -OCH3 is 2.